The number of methoxy groups -OCH3 is 1. The fourth-order valence-corrected chi connectivity index (χ4v) is 3.84. The molecule has 0 radical (unpaired) electrons. The highest BCUT2D eigenvalue weighted by Crippen LogP contribution is 2.23. The van der Waals surface area contributed by atoms with Crippen molar-refractivity contribution in [3.05, 3.63) is 53.8 Å². The lowest BCUT2D eigenvalue weighted by Crippen LogP contribution is -2.27. The minimum Gasteiger partial charge on any atom is -0.494 e. The van der Waals surface area contributed by atoms with E-state index in [9.17, 15) is 9.18 Å². The summed E-state index contributed by atoms with van der Waals surface area (Å²) in [7, 11) is 3.11. The third kappa shape index (κ3) is 3.40. The van der Waals surface area contributed by atoms with Gasteiger partial charge in [0.15, 0.2) is 16.7 Å². The number of halogens is 1. The molecule has 28 heavy (non-hydrogen) atoms. The van der Waals surface area contributed by atoms with Crippen molar-refractivity contribution in [1.29, 1.82) is 0 Å². The quantitative estimate of drug-likeness (QED) is 0.504. The molecule has 0 aliphatic rings. The van der Waals surface area contributed by atoms with Gasteiger partial charge in [-0.1, -0.05) is 30.0 Å². The van der Waals surface area contributed by atoms with Crippen LogP contribution in [0.1, 0.15) is 5.56 Å². The summed E-state index contributed by atoms with van der Waals surface area (Å²) in [4.78, 5) is 18.5. The predicted octanol–water partition coefficient (Wildman–Crippen LogP) is 3.11. The molecule has 7 nitrogen and oxygen atoms in total. The number of hydrogen-bond acceptors (Lipinski definition) is 5. The summed E-state index contributed by atoms with van der Waals surface area (Å²) >= 11 is 1.33. The van der Waals surface area contributed by atoms with Crippen LogP contribution in [0.15, 0.2) is 47.6 Å². The van der Waals surface area contributed by atoms with Crippen LogP contribution in [0.25, 0.3) is 16.8 Å². The zero-order chi connectivity index (χ0) is 19.7. The Morgan fingerprint density at radius 3 is 2.93 bits per heavy atom. The van der Waals surface area contributed by atoms with E-state index in [1.54, 1.807) is 24.1 Å². The summed E-state index contributed by atoms with van der Waals surface area (Å²) in [6.07, 6.45) is 0. The Morgan fingerprint density at radius 2 is 2.14 bits per heavy atom. The molecule has 0 fully saturated rings. The molecular weight excluding hydrogens is 381 g/mol. The lowest BCUT2D eigenvalue weighted by molar-refractivity contribution is -0.127. The van der Waals surface area contributed by atoms with Crippen LogP contribution < -0.4 is 4.74 Å². The van der Waals surface area contributed by atoms with E-state index in [0.29, 0.717) is 23.0 Å². The number of rotatable bonds is 6. The van der Waals surface area contributed by atoms with E-state index in [4.69, 9.17) is 4.74 Å². The van der Waals surface area contributed by atoms with Gasteiger partial charge in [-0.15, -0.1) is 5.10 Å². The maximum absolute atomic E-state index is 13.8. The fourth-order valence-electron chi connectivity index (χ4n) is 2.95. The maximum Gasteiger partial charge on any atom is 0.233 e. The van der Waals surface area contributed by atoms with Crippen LogP contribution >= 0.6 is 11.8 Å². The third-order valence-corrected chi connectivity index (χ3v) is 5.31. The number of ether oxygens (including phenoxy) is 1. The van der Waals surface area contributed by atoms with Gasteiger partial charge in [0.1, 0.15) is 0 Å². The molecule has 0 atom stereocenters. The second-order valence-electron chi connectivity index (χ2n) is 6.27. The van der Waals surface area contributed by atoms with E-state index < -0.39 is 5.82 Å². The number of carbonyl (C=O) groups is 1. The molecule has 9 heteroatoms. The van der Waals surface area contributed by atoms with Gasteiger partial charge in [0.05, 0.1) is 23.9 Å². The maximum atomic E-state index is 13.8. The summed E-state index contributed by atoms with van der Waals surface area (Å²) in [6.45, 7) is 0.310. The Morgan fingerprint density at radius 1 is 1.32 bits per heavy atom. The molecule has 0 unspecified atom stereocenters. The number of benzene rings is 2. The molecule has 2 heterocycles. The number of nitrogens with zero attached hydrogens (tertiary/aromatic N) is 4. The lowest BCUT2D eigenvalue weighted by Gasteiger charge is -2.17. The average Bonchev–Trinajstić information content (AvgIpc) is 3.25. The topological polar surface area (TPSA) is 75.5 Å². The Hall–Kier alpha value is -3.07. The highest BCUT2D eigenvalue weighted by Gasteiger charge is 2.16. The van der Waals surface area contributed by atoms with E-state index >= 15 is 0 Å². The Labute approximate surface area is 164 Å². The number of thioether (sulfide) groups is 1. The summed E-state index contributed by atoms with van der Waals surface area (Å²) in [6, 6.07) is 12.4. The van der Waals surface area contributed by atoms with Crippen LogP contribution in [0, 0.1) is 5.82 Å². The van der Waals surface area contributed by atoms with E-state index in [-0.39, 0.29) is 17.4 Å². The van der Waals surface area contributed by atoms with Gasteiger partial charge >= 0.3 is 0 Å². The van der Waals surface area contributed by atoms with Gasteiger partial charge in [0.2, 0.25) is 11.7 Å². The van der Waals surface area contributed by atoms with Crippen molar-refractivity contribution in [1.82, 2.24) is 24.5 Å². The first kappa shape index (κ1) is 18.3. The first-order valence-electron chi connectivity index (χ1n) is 8.57. The molecule has 0 aliphatic carbocycles. The molecule has 1 N–H and O–H groups in total. The Bertz CT molecular complexity index is 1160. The van der Waals surface area contributed by atoms with Crippen molar-refractivity contribution in [3.8, 4) is 5.75 Å². The van der Waals surface area contributed by atoms with E-state index in [2.05, 4.69) is 15.2 Å². The smallest absolute Gasteiger partial charge is 0.233 e. The molecule has 4 aromatic rings. The molecule has 144 valence electrons. The number of aromatic amines is 1. The molecule has 0 spiro atoms. The van der Waals surface area contributed by atoms with Crippen LogP contribution in [0.4, 0.5) is 4.39 Å². The summed E-state index contributed by atoms with van der Waals surface area (Å²) in [5.41, 5.74) is 2.49. The van der Waals surface area contributed by atoms with E-state index in [1.165, 1.54) is 24.9 Å². The van der Waals surface area contributed by atoms with Gasteiger partial charge in [0, 0.05) is 13.6 Å². The Balaban J connectivity index is 1.44. The van der Waals surface area contributed by atoms with Gasteiger partial charge in [-0.05, 0) is 29.8 Å². The number of H-pyrrole nitrogens is 1. The highest BCUT2D eigenvalue weighted by molar-refractivity contribution is 7.99. The second-order valence-corrected chi connectivity index (χ2v) is 7.22. The predicted molar refractivity (Wildman–Crippen MR) is 105 cm³/mol. The summed E-state index contributed by atoms with van der Waals surface area (Å²) < 4.78 is 20.6. The molecular formula is C19H18FN5O2S. The number of amides is 1. The molecule has 0 saturated carbocycles. The molecule has 2 aromatic carbocycles. The number of para-hydroxylation sites is 2. The van der Waals surface area contributed by atoms with Crippen molar-refractivity contribution >= 4 is 34.5 Å². The van der Waals surface area contributed by atoms with Crippen molar-refractivity contribution in [2.24, 2.45) is 0 Å². The van der Waals surface area contributed by atoms with Crippen molar-refractivity contribution in [2.75, 3.05) is 19.9 Å². The first-order valence-corrected chi connectivity index (χ1v) is 9.56. The highest BCUT2D eigenvalue weighted by atomic mass is 32.2. The number of nitrogens with one attached hydrogen (secondary N) is 1. The molecule has 0 aliphatic heterocycles. The third-order valence-electron chi connectivity index (χ3n) is 4.39. The van der Waals surface area contributed by atoms with Crippen molar-refractivity contribution in [2.45, 2.75) is 11.7 Å². The fraction of sp³-hybridized carbons (Fsp3) is 0.211. The number of carbonyl (C=O) groups excluding carboxylic acids is 1. The standard InChI is InChI=1S/C19H18FN5O2S/c1-24(10-12-7-8-16(27-2)13(20)9-12)17(26)11-28-19-23-22-18-21-14-5-3-4-6-15(14)25(18)19/h3-9H,10-11H2,1-2H3,(H,21,22). The number of hydrogen-bond donors (Lipinski definition) is 1. The number of imidazole rings is 1. The van der Waals surface area contributed by atoms with Crippen LogP contribution in [-0.4, -0.2) is 50.3 Å². The van der Waals surface area contributed by atoms with Gasteiger partial charge < -0.3 is 9.64 Å². The lowest BCUT2D eigenvalue weighted by atomic mass is 10.2. The van der Waals surface area contributed by atoms with Crippen molar-refractivity contribution < 1.29 is 13.9 Å². The van der Waals surface area contributed by atoms with Gasteiger partial charge in [-0.3, -0.25) is 9.20 Å². The Kier molecular flexibility index (Phi) is 4.91. The van der Waals surface area contributed by atoms with Crippen LogP contribution in [-0.2, 0) is 11.3 Å². The molecule has 2 aromatic heterocycles. The molecule has 1 amide bonds. The summed E-state index contributed by atoms with van der Waals surface area (Å²) in [5, 5.41) is 7.81. The zero-order valence-corrected chi connectivity index (χ0v) is 16.2. The van der Waals surface area contributed by atoms with Crippen LogP contribution in [0.5, 0.6) is 5.75 Å². The number of fused-ring (bicyclic) bond motifs is 3. The van der Waals surface area contributed by atoms with Crippen LogP contribution in [0.3, 0.4) is 0 Å². The first-order chi connectivity index (χ1) is 13.6. The average molecular weight is 399 g/mol. The second kappa shape index (κ2) is 7.51. The normalized spacial score (nSPS) is 11.2. The largest absolute Gasteiger partial charge is 0.494 e. The number of aromatic nitrogens is 4. The minimum absolute atomic E-state index is 0.0817. The minimum atomic E-state index is -0.443. The zero-order valence-electron chi connectivity index (χ0n) is 15.3. The van der Waals surface area contributed by atoms with Gasteiger partial charge in [-0.25, -0.2) is 14.5 Å². The van der Waals surface area contributed by atoms with E-state index in [1.807, 2.05) is 28.7 Å². The van der Waals surface area contributed by atoms with Gasteiger partial charge in [-0.2, -0.15) is 0 Å². The van der Waals surface area contributed by atoms with Crippen molar-refractivity contribution in [3.63, 3.8) is 0 Å². The molecule has 0 bridgehead atoms. The SMILES string of the molecule is COc1ccc(CN(C)C(=O)CSc2n[nH]c3nc4ccccc4n23)cc1F. The van der Waals surface area contributed by atoms with E-state index in [0.717, 1.165) is 11.0 Å². The molecule has 0 saturated heterocycles. The summed E-state index contributed by atoms with van der Waals surface area (Å²) in [5.74, 6) is 0.506. The van der Waals surface area contributed by atoms with Crippen LogP contribution in [0.2, 0.25) is 0 Å². The van der Waals surface area contributed by atoms with Gasteiger partial charge in [0.25, 0.3) is 0 Å². The monoisotopic (exact) mass is 399 g/mol. The molecule has 4 rings (SSSR count).